The van der Waals surface area contributed by atoms with Crippen LogP contribution in [0, 0.1) is 5.82 Å². The molecule has 0 bridgehead atoms. The van der Waals surface area contributed by atoms with Crippen molar-refractivity contribution >= 4 is 33.0 Å². The molecule has 0 amide bonds. The summed E-state index contributed by atoms with van der Waals surface area (Å²) in [7, 11) is 0. The Kier molecular flexibility index (Phi) is 3.46. The highest BCUT2D eigenvalue weighted by atomic mass is 79.9. The largest absolute Gasteiger partial charge is 0.292 e. The second kappa shape index (κ2) is 4.84. The molecule has 0 atom stereocenters. The third-order valence-corrected chi connectivity index (χ3v) is 3.16. The number of halogens is 2. The summed E-state index contributed by atoms with van der Waals surface area (Å²) in [5.41, 5.74) is 2.36. The van der Waals surface area contributed by atoms with E-state index in [0.29, 0.717) is 11.3 Å². The number of hydrogen-bond donors (Lipinski definition) is 0. The number of Topliss-reactive ketones (excluding diaryl/α,β-unsaturated/α-hetero) is 1. The van der Waals surface area contributed by atoms with Crippen molar-refractivity contribution in [3.63, 3.8) is 0 Å². The summed E-state index contributed by atoms with van der Waals surface area (Å²) in [5.74, 6) is -0.537. The monoisotopic (exact) mass is 299 g/mol. The zero-order valence-corrected chi connectivity index (χ0v) is 10.5. The molecule has 1 heterocycles. The van der Waals surface area contributed by atoms with E-state index in [0.717, 1.165) is 4.47 Å². The maximum absolute atomic E-state index is 13.4. The zero-order chi connectivity index (χ0) is 11.5. The summed E-state index contributed by atoms with van der Waals surface area (Å²) in [5, 5.41) is 1.66. The number of nitrogens with zero attached hydrogens (tertiary/aromatic N) is 1. The fraction of sp³-hybridized carbons (Fsp3) is 0.0909. The molecular formula is C11H7BrFNOS. The predicted octanol–water partition coefficient (Wildman–Crippen LogP) is 3.47. The van der Waals surface area contributed by atoms with E-state index in [9.17, 15) is 9.18 Å². The summed E-state index contributed by atoms with van der Waals surface area (Å²) in [6.45, 7) is 0. The molecule has 2 rings (SSSR count). The Morgan fingerprint density at radius 2 is 2.31 bits per heavy atom. The van der Waals surface area contributed by atoms with Crippen LogP contribution >= 0.6 is 27.3 Å². The van der Waals surface area contributed by atoms with Crippen LogP contribution in [-0.2, 0) is 6.42 Å². The number of rotatable bonds is 3. The van der Waals surface area contributed by atoms with Crippen LogP contribution in [0.1, 0.15) is 16.1 Å². The molecule has 82 valence electrons. The van der Waals surface area contributed by atoms with Gasteiger partial charge in [0.15, 0.2) is 5.78 Å². The van der Waals surface area contributed by atoms with Gasteiger partial charge in [-0.25, -0.2) is 9.37 Å². The summed E-state index contributed by atoms with van der Waals surface area (Å²) in [6.07, 6.45) is 0.0367. The van der Waals surface area contributed by atoms with Gasteiger partial charge >= 0.3 is 0 Å². The quantitative estimate of drug-likeness (QED) is 0.812. The van der Waals surface area contributed by atoms with Crippen molar-refractivity contribution in [3.05, 3.63) is 50.6 Å². The van der Waals surface area contributed by atoms with Crippen LogP contribution in [0.25, 0.3) is 0 Å². The van der Waals surface area contributed by atoms with Crippen LogP contribution in [0.4, 0.5) is 4.39 Å². The molecule has 0 spiro atoms. The first kappa shape index (κ1) is 11.4. The molecule has 0 unspecified atom stereocenters. The van der Waals surface area contributed by atoms with Gasteiger partial charge in [0.1, 0.15) is 11.5 Å². The minimum absolute atomic E-state index is 0.0367. The van der Waals surface area contributed by atoms with E-state index in [1.54, 1.807) is 23.0 Å². The summed E-state index contributed by atoms with van der Waals surface area (Å²) in [6, 6.07) is 4.56. The first-order chi connectivity index (χ1) is 7.66. The Morgan fingerprint density at radius 3 is 3.00 bits per heavy atom. The van der Waals surface area contributed by atoms with E-state index < -0.39 is 0 Å². The van der Waals surface area contributed by atoms with E-state index in [-0.39, 0.29) is 18.0 Å². The molecule has 2 aromatic rings. The molecule has 0 saturated heterocycles. The third kappa shape index (κ3) is 2.54. The van der Waals surface area contributed by atoms with Crippen molar-refractivity contribution in [2.24, 2.45) is 0 Å². The summed E-state index contributed by atoms with van der Waals surface area (Å²) in [4.78, 5) is 15.6. The smallest absolute Gasteiger partial charge is 0.186 e. The number of aromatic nitrogens is 1. The first-order valence-corrected chi connectivity index (χ1v) is 6.25. The van der Waals surface area contributed by atoms with Gasteiger partial charge < -0.3 is 0 Å². The van der Waals surface area contributed by atoms with Crippen LogP contribution in [0.5, 0.6) is 0 Å². The lowest BCUT2D eigenvalue weighted by Crippen LogP contribution is -2.05. The van der Waals surface area contributed by atoms with Crippen molar-refractivity contribution in [2.45, 2.75) is 6.42 Å². The second-order valence-corrected chi connectivity index (χ2v) is 4.84. The topological polar surface area (TPSA) is 30.0 Å². The highest BCUT2D eigenvalue weighted by molar-refractivity contribution is 9.10. The average Bonchev–Trinajstić information content (AvgIpc) is 2.76. The number of benzene rings is 1. The number of ketones is 1. The molecule has 0 aliphatic heterocycles. The van der Waals surface area contributed by atoms with Crippen molar-refractivity contribution in [2.75, 3.05) is 0 Å². The van der Waals surface area contributed by atoms with Crippen molar-refractivity contribution in [3.8, 4) is 0 Å². The molecule has 5 heteroatoms. The number of carbonyl (C=O) groups is 1. The fourth-order valence-electron chi connectivity index (χ4n) is 1.29. The Hall–Kier alpha value is -1.07. The van der Waals surface area contributed by atoms with Gasteiger partial charge in [-0.05, 0) is 23.8 Å². The molecule has 16 heavy (non-hydrogen) atoms. The van der Waals surface area contributed by atoms with Crippen LogP contribution in [0.15, 0.2) is 33.6 Å². The van der Waals surface area contributed by atoms with E-state index >= 15 is 0 Å². The van der Waals surface area contributed by atoms with E-state index in [1.807, 2.05) is 0 Å². The van der Waals surface area contributed by atoms with Gasteiger partial charge in [0.25, 0.3) is 0 Å². The Balaban J connectivity index is 2.21. The van der Waals surface area contributed by atoms with Gasteiger partial charge in [-0.1, -0.05) is 15.9 Å². The maximum atomic E-state index is 13.4. The number of hydrogen-bond acceptors (Lipinski definition) is 3. The number of carbonyl (C=O) groups excluding carboxylic acids is 1. The minimum atomic E-state index is -0.369. The lowest BCUT2D eigenvalue weighted by atomic mass is 10.1. The van der Waals surface area contributed by atoms with E-state index in [4.69, 9.17) is 0 Å². The zero-order valence-electron chi connectivity index (χ0n) is 8.11. The Morgan fingerprint density at radius 1 is 1.50 bits per heavy atom. The normalized spacial score (nSPS) is 10.4. The van der Waals surface area contributed by atoms with Crippen molar-refractivity contribution < 1.29 is 9.18 Å². The lowest BCUT2D eigenvalue weighted by molar-refractivity contribution is 0.0987. The minimum Gasteiger partial charge on any atom is -0.292 e. The van der Waals surface area contributed by atoms with Crippen molar-refractivity contribution in [1.82, 2.24) is 4.98 Å². The molecule has 1 aromatic carbocycles. The SMILES string of the molecule is O=C(Cc1cc(Br)ccc1F)c1cscn1. The van der Waals surface area contributed by atoms with Gasteiger partial charge in [-0.15, -0.1) is 11.3 Å². The molecule has 0 aliphatic rings. The van der Waals surface area contributed by atoms with Gasteiger partial charge in [0.05, 0.1) is 5.51 Å². The van der Waals surface area contributed by atoms with Gasteiger partial charge in [-0.2, -0.15) is 0 Å². The Bertz CT molecular complexity index is 513. The molecule has 0 radical (unpaired) electrons. The van der Waals surface area contributed by atoms with Crippen LogP contribution in [0.2, 0.25) is 0 Å². The van der Waals surface area contributed by atoms with Crippen LogP contribution < -0.4 is 0 Å². The maximum Gasteiger partial charge on any atom is 0.186 e. The summed E-state index contributed by atoms with van der Waals surface area (Å²) < 4.78 is 14.1. The highest BCUT2D eigenvalue weighted by Gasteiger charge is 2.12. The van der Waals surface area contributed by atoms with Gasteiger partial charge in [0.2, 0.25) is 0 Å². The molecular weight excluding hydrogens is 293 g/mol. The average molecular weight is 300 g/mol. The van der Waals surface area contributed by atoms with E-state index in [2.05, 4.69) is 20.9 Å². The third-order valence-electron chi connectivity index (χ3n) is 2.08. The number of thiazole rings is 1. The molecule has 0 N–H and O–H groups in total. The fourth-order valence-corrected chi connectivity index (χ4v) is 2.26. The summed E-state index contributed by atoms with van der Waals surface area (Å²) >= 11 is 4.59. The predicted molar refractivity (Wildman–Crippen MR) is 64.2 cm³/mol. The van der Waals surface area contributed by atoms with Crippen LogP contribution in [-0.4, -0.2) is 10.8 Å². The van der Waals surface area contributed by atoms with Gasteiger partial charge in [-0.3, -0.25) is 4.79 Å². The molecule has 2 nitrogen and oxygen atoms in total. The molecule has 1 aromatic heterocycles. The standard InChI is InChI=1S/C11H7BrFNOS/c12-8-1-2-9(13)7(3-8)4-11(15)10-5-16-6-14-10/h1-3,5-6H,4H2. The lowest BCUT2D eigenvalue weighted by Gasteiger charge is -2.01. The Labute approximate surface area is 104 Å². The van der Waals surface area contributed by atoms with Crippen LogP contribution in [0.3, 0.4) is 0 Å². The van der Waals surface area contributed by atoms with Crippen molar-refractivity contribution in [1.29, 1.82) is 0 Å². The highest BCUT2D eigenvalue weighted by Crippen LogP contribution is 2.17. The first-order valence-electron chi connectivity index (χ1n) is 4.52. The second-order valence-electron chi connectivity index (χ2n) is 3.21. The van der Waals surface area contributed by atoms with E-state index in [1.165, 1.54) is 17.4 Å². The molecule has 0 fully saturated rings. The van der Waals surface area contributed by atoms with Gasteiger partial charge in [0, 0.05) is 16.3 Å². The molecule has 0 aliphatic carbocycles. The molecule has 0 saturated carbocycles.